The molecule has 0 saturated carbocycles. The molecule has 21 heavy (non-hydrogen) atoms. The average molecular weight is 286 g/mol. The molecule has 108 valence electrons. The predicted molar refractivity (Wildman–Crippen MR) is 81.8 cm³/mol. The van der Waals surface area contributed by atoms with E-state index < -0.39 is 0 Å². The molecule has 2 aromatic carbocycles. The molecular formula is C15H15FN4O. The van der Waals surface area contributed by atoms with E-state index in [0.717, 1.165) is 11.1 Å². The number of methoxy groups -OCH3 is 1. The van der Waals surface area contributed by atoms with E-state index in [0.29, 0.717) is 11.3 Å². The number of rotatable bonds is 4. The van der Waals surface area contributed by atoms with Crippen LogP contribution in [-0.4, -0.2) is 19.3 Å². The summed E-state index contributed by atoms with van der Waals surface area (Å²) in [6.45, 7) is 0. The van der Waals surface area contributed by atoms with E-state index >= 15 is 0 Å². The molecule has 0 radical (unpaired) electrons. The van der Waals surface area contributed by atoms with Gasteiger partial charge >= 0.3 is 0 Å². The van der Waals surface area contributed by atoms with Gasteiger partial charge in [-0.2, -0.15) is 5.10 Å². The number of hydrogen-bond acceptors (Lipinski definition) is 3. The van der Waals surface area contributed by atoms with Gasteiger partial charge in [-0.3, -0.25) is 0 Å². The second-order valence-corrected chi connectivity index (χ2v) is 4.24. The molecule has 0 aromatic heterocycles. The Hall–Kier alpha value is -2.89. The summed E-state index contributed by atoms with van der Waals surface area (Å²) in [6, 6.07) is 11.7. The SMILES string of the molecule is COc1ccc(F)cc1-c1ccc(C=NN=C(N)N)cc1. The highest BCUT2D eigenvalue weighted by atomic mass is 19.1. The van der Waals surface area contributed by atoms with Gasteiger partial charge in [0.15, 0.2) is 0 Å². The molecule has 0 aliphatic rings. The van der Waals surface area contributed by atoms with Crippen molar-refractivity contribution in [3.63, 3.8) is 0 Å². The zero-order valence-corrected chi connectivity index (χ0v) is 11.5. The summed E-state index contributed by atoms with van der Waals surface area (Å²) in [5, 5.41) is 7.23. The van der Waals surface area contributed by atoms with Crippen molar-refractivity contribution in [1.82, 2.24) is 0 Å². The summed E-state index contributed by atoms with van der Waals surface area (Å²) in [5.41, 5.74) is 12.7. The lowest BCUT2D eigenvalue weighted by molar-refractivity contribution is 0.415. The molecule has 2 aromatic rings. The topological polar surface area (TPSA) is 86.0 Å². The van der Waals surface area contributed by atoms with Crippen LogP contribution in [0.4, 0.5) is 4.39 Å². The van der Waals surface area contributed by atoms with Gasteiger partial charge in [-0.25, -0.2) is 4.39 Å². The van der Waals surface area contributed by atoms with E-state index in [9.17, 15) is 4.39 Å². The summed E-state index contributed by atoms with van der Waals surface area (Å²) in [4.78, 5) is 0. The van der Waals surface area contributed by atoms with Crippen LogP contribution in [0, 0.1) is 5.82 Å². The monoisotopic (exact) mass is 286 g/mol. The maximum atomic E-state index is 13.4. The van der Waals surface area contributed by atoms with E-state index in [2.05, 4.69) is 10.2 Å². The lowest BCUT2D eigenvalue weighted by atomic mass is 10.0. The maximum Gasteiger partial charge on any atom is 0.211 e. The number of benzene rings is 2. The highest BCUT2D eigenvalue weighted by molar-refractivity contribution is 5.83. The van der Waals surface area contributed by atoms with Gasteiger partial charge < -0.3 is 16.2 Å². The van der Waals surface area contributed by atoms with E-state index in [1.165, 1.54) is 18.3 Å². The molecule has 0 aliphatic carbocycles. The van der Waals surface area contributed by atoms with Crippen molar-refractivity contribution in [3.8, 4) is 16.9 Å². The van der Waals surface area contributed by atoms with Gasteiger partial charge in [-0.1, -0.05) is 24.3 Å². The third-order valence-electron chi connectivity index (χ3n) is 2.76. The van der Waals surface area contributed by atoms with Gasteiger partial charge in [0.25, 0.3) is 0 Å². The van der Waals surface area contributed by atoms with Gasteiger partial charge in [0.2, 0.25) is 5.96 Å². The van der Waals surface area contributed by atoms with Crippen LogP contribution in [0.25, 0.3) is 11.1 Å². The van der Waals surface area contributed by atoms with Crippen LogP contribution in [0.3, 0.4) is 0 Å². The largest absolute Gasteiger partial charge is 0.496 e. The Kier molecular flexibility index (Phi) is 4.50. The summed E-state index contributed by atoms with van der Waals surface area (Å²) in [6.07, 6.45) is 1.52. The van der Waals surface area contributed by atoms with E-state index in [4.69, 9.17) is 16.2 Å². The Morgan fingerprint density at radius 1 is 1.14 bits per heavy atom. The Morgan fingerprint density at radius 3 is 2.48 bits per heavy atom. The molecule has 0 bridgehead atoms. The first kappa shape index (κ1) is 14.5. The average Bonchev–Trinajstić information content (AvgIpc) is 2.47. The van der Waals surface area contributed by atoms with Gasteiger partial charge in [0.1, 0.15) is 11.6 Å². The van der Waals surface area contributed by atoms with Crippen LogP contribution in [0.1, 0.15) is 5.56 Å². The minimum atomic E-state index is -0.316. The Bertz CT molecular complexity index is 677. The Balaban J connectivity index is 2.29. The molecule has 0 saturated heterocycles. The van der Waals surface area contributed by atoms with Crippen molar-refractivity contribution in [3.05, 3.63) is 53.8 Å². The second-order valence-electron chi connectivity index (χ2n) is 4.24. The number of nitrogens with two attached hydrogens (primary N) is 2. The van der Waals surface area contributed by atoms with Crippen molar-refractivity contribution in [2.24, 2.45) is 21.7 Å². The van der Waals surface area contributed by atoms with Crippen LogP contribution in [0.2, 0.25) is 0 Å². The van der Waals surface area contributed by atoms with Gasteiger partial charge in [-0.05, 0) is 29.3 Å². The van der Waals surface area contributed by atoms with Gasteiger partial charge in [0.05, 0.1) is 13.3 Å². The van der Waals surface area contributed by atoms with Crippen LogP contribution in [0.5, 0.6) is 5.75 Å². The fourth-order valence-electron chi connectivity index (χ4n) is 1.82. The van der Waals surface area contributed by atoms with Crippen molar-refractivity contribution >= 4 is 12.2 Å². The number of guanidine groups is 1. The normalized spacial score (nSPS) is 10.6. The predicted octanol–water partition coefficient (Wildman–Crippen LogP) is 2.11. The summed E-state index contributed by atoms with van der Waals surface area (Å²) in [5.74, 6) is 0.190. The number of ether oxygens (including phenoxy) is 1. The summed E-state index contributed by atoms with van der Waals surface area (Å²) in [7, 11) is 1.55. The third kappa shape index (κ3) is 3.79. The lowest BCUT2D eigenvalue weighted by Crippen LogP contribution is -2.21. The summed E-state index contributed by atoms with van der Waals surface area (Å²) >= 11 is 0. The zero-order chi connectivity index (χ0) is 15.2. The maximum absolute atomic E-state index is 13.4. The molecule has 0 fully saturated rings. The van der Waals surface area contributed by atoms with Crippen LogP contribution in [-0.2, 0) is 0 Å². The zero-order valence-electron chi connectivity index (χ0n) is 11.5. The highest BCUT2D eigenvalue weighted by Crippen LogP contribution is 2.30. The molecule has 0 heterocycles. The first-order chi connectivity index (χ1) is 10.1. The molecule has 0 unspecified atom stereocenters. The Labute approximate surface area is 121 Å². The standard InChI is InChI=1S/C15H15FN4O/c1-21-14-7-6-12(16)8-13(14)11-4-2-10(3-5-11)9-19-20-15(17)18/h2-9H,1H3,(H4,17,18,20). The molecule has 0 atom stereocenters. The van der Waals surface area contributed by atoms with Crippen LogP contribution in [0.15, 0.2) is 52.7 Å². The van der Waals surface area contributed by atoms with Gasteiger partial charge in [0, 0.05) is 5.56 Å². The molecule has 0 amide bonds. The number of nitrogens with zero attached hydrogens (tertiary/aromatic N) is 2. The molecule has 0 aliphatic heterocycles. The molecule has 2 rings (SSSR count). The van der Waals surface area contributed by atoms with Crippen molar-refractivity contribution < 1.29 is 9.13 Å². The minimum Gasteiger partial charge on any atom is -0.496 e. The molecule has 4 N–H and O–H groups in total. The first-order valence-corrected chi connectivity index (χ1v) is 6.16. The number of hydrogen-bond donors (Lipinski definition) is 2. The van der Waals surface area contributed by atoms with Gasteiger partial charge in [-0.15, -0.1) is 5.10 Å². The third-order valence-corrected chi connectivity index (χ3v) is 2.76. The second kappa shape index (κ2) is 6.51. The van der Waals surface area contributed by atoms with E-state index in [1.807, 2.05) is 24.3 Å². The summed E-state index contributed by atoms with van der Waals surface area (Å²) < 4.78 is 18.6. The molecular weight excluding hydrogens is 271 g/mol. The van der Waals surface area contributed by atoms with Crippen LogP contribution < -0.4 is 16.2 Å². The Morgan fingerprint density at radius 2 is 1.86 bits per heavy atom. The quantitative estimate of drug-likeness (QED) is 0.512. The van der Waals surface area contributed by atoms with E-state index in [-0.39, 0.29) is 11.8 Å². The smallest absolute Gasteiger partial charge is 0.211 e. The fourth-order valence-corrected chi connectivity index (χ4v) is 1.82. The van der Waals surface area contributed by atoms with Crippen molar-refractivity contribution in [2.75, 3.05) is 7.11 Å². The molecule has 6 heteroatoms. The van der Waals surface area contributed by atoms with Crippen molar-refractivity contribution in [1.29, 1.82) is 0 Å². The number of halogens is 1. The first-order valence-electron chi connectivity index (χ1n) is 6.16. The fraction of sp³-hybridized carbons (Fsp3) is 0.0667. The molecule has 5 nitrogen and oxygen atoms in total. The highest BCUT2D eigenvalue weighted by Gasteiger charge is 2.07. The van der Waals surface area contributed by atoms with Crippen molar-refractivity contribution in [2.45, 2.75) is 0 Å². The van der Waals surface area contributed by atoms with Crippen LogP contribution >= 0.6 is 0 Å². The lowest BCUT2D eigenvalue weighted by Gasteiger charge is -2.08. The minimum absolute atomic E-state index is 0.104. The molecule has 0 spiro atoms. The van der Waals surface area contributed by atoms with E-state index in [1.54, 1.807) is 13.2 Å².